The molecule has 0 aromatic carbocycles. The van der Waals surface area contributed by atoms with Crippen molar-refractivity contribution in [3.05, 3.63) is 39.7 Å². The molecule has 3 aliphatic rings. The number of nitrogens with zero attached hydrogens (tertiary/aromatic N) is 6. The van der Waals surface area contributed by atoms with E-state index in [4.69, 9.17) is 0 Å². The van der Waals surface area contributed by atoms with Gasteiger partial charge in [0.1, 0.15) is 11.2 Å². The lowest BCUT2D eigenvalue weighted by molar-refractivity contribution is -0.0311. The van der Waals surface area contributed by atoms with Crippen LogP contribution in [0.1, 0.15) is 72.1 Å². The number of nitriles is 1. The third-order valence-corrected chi connectivity index (χ3v) is 12.8. The van der Waals surface area contributed by atoms with Crippen molar-refractivity contribution in [1.82, 2.24) is 28.8 Å². The number of piperidine rings is 1. The molecule has 0 spiro atoms. The third kappa shape index (κ3) is 3.87. The fraction of sp³-hybridized carbons (Fsp3) is 0.567. The van der Waals surface area contributed by atoms with Crippen LogP contribution in [0.2, 0.25) is 0 Å². The zero-order valence-corrected chi connectivity index (χ0v) is 26.2. The highest BCUT2D eigenvalue weighted by Gasteiger charge is 2.58. The first-order chi connectivity index (χ1) is 19.4. The Morgan fingerprint density at radius 1 is 1.20 bits per heavy atom. The highest BCUT2D eigenvalue weighted by atomic mass is 32.2. The predicted octanol–water partition coefficient (Wildman–Crippen LogP) is 5.09. The predicted molar refractivity (Wildman–Crippen MR) is 162 cm³/mol. The molecule has 9 nitrogen and oxygen atoms in total. The Morgan fingerprint density at radius 3 is 2.59 bits per heavy atom. The quantitative estimate of drug-likeness (QED) is 0.334. The largest absolute Gasteiger partial charge is 0.346 e. The van der Waals surface area contributed by atoms with Crippen molar-refractivity contribution in [3.8, 4) is 17.3 Å². The minimum Gasteiger partial charge on any atom is -0.346 e. The van der Waals surface area contributed by atoms with Gasteiger partial charge in [0.2, 0.25) is 10.0 Å². The Labute approximate surface area is 245 Å². The summed E-state index contributed by atoms with van der Waals surface area (Å²) in [7, 11) is -3.23. The first kappa shape index (κ1) is 27.1. The maximum Gasteiger partial charge on any atom is 0.211 e. The molecule has 2 bridgehead atoms. The molecule has 1 N–H and O–H groups in total. The summed E-state index contributed by atoms with van der Waals surface area (Å²) in [5.41, 5.74) is 8.07. The van der Waals surface area contributed by atoms with Gasteiger partial charge in [-0.3, -0.25) is 4.90 Å². The molecule has 0 radical (unpaired) electrons. The Kier molecular flexibility index (Phi) is 6.02. The normalized spacial score (nSPS) is 24.6. The van der Waals surface area contributed by atoms with E-state index < -0.39 is 10.0 Å². The lowest BCUT2D eigenvalue weighted by Gasteiger charge is -2.55. The number of hydrogen-bond acceptors (Lipinski definition) is 7. The average molecular weight is 592 g/mol. The maximum absolute atomic E-state index is 12.1. The molecule has 2 saturated heterocycles. The molecular formula is C30H37N7O2S2. The molecule has 0 unspecified atom stereocenters. The third-order valence-electron chi connectivity index (χ3n) is 10.2. The number of fused-ring (bicyclic) bond motifs is 4. The van der Waals surface area contributed by atoms with Crippen molar-refractivity contribution in [1.29, 1.82) is 5.26 Å². The summed E-state index contributed by atoms with van der Waals surface area (Å²) < 4.78 is 27.6. The highest BCUT2D eigenvalue weighted by molar-refractivity contribution is 7.88. The summed E-state index contributed by atoms with van der Waals surface area (Å²) in [6, 6.07) is 2.76. The van der Waals surface area contributed by atoms with Gasteiger partial charge in [0, 0.05) is 47.7 Å². The molecule has 2 aliphatic heterocycles. The van der Waals surface area contributed by atoms with Crippen LogP contribution in [0.25, 0.3) is 27.1 Å². The van der Waals surface area contributed by atoms with Gasteiger partial charge in [-0.15, -0.1) is 11.3 Å². The molecule has 6 heterocycles. The average Bonchev–Trinajstić information content (AvgIpc) is 3.69. The monoisotopic (exact) mass is 591 g/mol. The fourth-order valence-electron chi connectivity index (χ4n) is 8.09. The Morgan fingerprint density at radius 2 is 1.95 bits per heavy atom. The van der Waals surface area contributed by atoms with Crippen LogP contribution < -0.4 is 0 Å². The van der Waals surface area contributed by atoms with E-state index in [1.54, 1.807) is 6.33 Å². The van der Waals surface area contributed by atoms with Gasteiger partial charge in [-0.25, -0.2) is 17.9 Å². The van der Waals surface area contributed by atoms with Gasteiger partial charge in [0.15, 0.2) is 5.65 Å². The molecule has 1 aliphatic carbocycles. The summed E-state index contributed by atoms with van der Waals surface area (Å²) in [6.07, 6.45) is 7.57. The molecular weight excluding hydrogens is 555 g/mol. The van der Waals surface area contributed by atoms with Gasteiger partial charge in [-0.2, -0.15) is 14.7 Å². The summed E-state index contributed by atoms with van der Waals surface area (Å²) in [6.45, 7) is 13.0. The number of hydrogen-bond donors (Lipinski definition) is 1. The molecule has 11 heteroatoms. The number of thiophene rings is 1. The number of H-pyrrole nitrogens is 1. The smallest absolute Gasteiger partial charge is 0.211 e. The van der Waals surface area contributed by atoms with Gasteiger partial charge in [0.25, 0.3) is 0 Å². The second kappa shape index (κ2) is 9.11. The Balaban J connectivity index is 1.22. The van der Waals surface area contributed by atoms with Crippen molar-refractivity contribution in [2.45, 2.75) is 77.3 Å². The van der Waals surface area contributed by atoms with E-state index in [1.807, 2.05) is 15.9 Å². The molecule has 41 heavy (non-hydrogen) atoms. The van der Waals surface area contributed by atoms with Gasteiger partial charge < -0.3 is 4.98 Å². The lowest BCUT2D eigenvalue weighted by atomic mass is 9.82. The summed E-state index contributed by atoms with van der Waals surface area (Å²) in [5.74, 6) is 1.39. The zero-order chi connectivity index (χ0) is 29.0. The Hall–Kier alpha value is -2.78. The number of aromatic amines is 1. The molecule has 3 fully saturated rings. The SMILES string of the molecule is Cc1c(-c2[nH]c3sc([C@@H]4C[C@@H]5C[C@H]4CN5C4(CC#N)CN(S(C)(=O)=O)C4)c(C)c3c2C(C)C)cn2ncnc2c1C. The molecule has 216 valence electrons. The second-order valence-corrected chi connectivity index (χ2v) is 16.0. The van der Waals surface area contributed by atoms with E-state index in [1.165, 1.54) is 53.6 Å². The van der Waals surface area contributed by atoms with Gasteiger partial charge in [-0.1, -0.05) is 13.8 Å². The first-order valence-electron chi connectivity index (χ1n) is 14.5. The van der Waals surface area contributed by atoms with Crippen molar-refractivity contribution in [3.63, 3.8) is 0 Å². The van der Waals surface area contributed by atoms with Crippen LogP contribution in [0, 0.1) is 38.0 Å². The number of pyridine rings is 1. The fourth-order valence-corrected chi connectivity index (χ4v) is 10.5. The summed E-state index contributed by atoms with van der Waals surface area (Å²) in [5, 5.41) is 15.4. The molecule has 3 atom stereocenters. The number of aromatic nitrogens is 4. The summed E-state index contributed by atoms with van der Waals surface area (Å²) >= 11 is 1.92. The van der Waals surface area contributed by atoms with Crippen LogP contribution >= 0.6 is 11.3 Å². The van der Waals surface area contributed by atoms with Crippen LogP contribution in [0.3, 0.4) is 0 Å². The van der Waals surface area contributed by atoms with E-state index in [-0.39, 0.29) is 5.54 Å². The number of nitrogens with one attached hydrogen (secondary N) is 1. The number of rotatable bonds is 6. The van der Waals surface area contributed by atoms with E-state index in [0.717, 1.165) is 30.6 Å². The van der Waals surface area contributed by atoms with Crippen LogP contribution in [0.4, 0.5) is 0 Å². The van der Waals surface area contributed by atoms with E-state index in [0.29, 0.717) is 43.3 Å². The minimum atomic E-state index is -3.23. The number of aryl methyl sites for hydroxylation is 2. The van der Waals surface area contributed by atoms with Crippen LogP contribution in [0.5, 0.6) is 0 Å². The van der Waals surface area contributed by atoms with E-state index >= 15 is 0 Å². The first-order valence-corrected chi connectivity index (χ1v) is 17.1. The van der Waals surface area contributed by atoms with Gasteiger partial charge in [-0.05, 0) is 73.6 Å². The molecule has 1 saturated carbocycles. The van der Waals surface area contributed by atoms with Gasteiger partial charge in [0.05, 0.1) is 30.0 Å². The van der Waals surface area contributed by atoms with Crippen molar-refractivity contribution >= 4 is 37.2 Å². The van der Waals surface area contributed by atoms with Crippen LogP contribution in [-0.2, 0) is 10.0 Å². The van der Waals surface area contributed by atoms with E-state index in [9.17, 15) is 13.7 Å². The standard InChI is InChI=1S/C30H37N7O2S2/c1-16(2)24-25-19(5)27(40-29(25)34-26(24)23-12-37-28(32-15-33-37)18(4)17(23)3)22-10-21-9-20(22)11-36(21)30(7-8-31)13-35(14-30)41(6,38)39/h12,15-16,20-22,34H,7,9-11,13-14H2,1-6H3/t20-,21-,22+/m0/s1. The topological polar surface area (TPSA) is 110 Å². The molecule has 0 amide bonds. The van der Waals surface area contributed by atoms with Crippen molar-refractivity contribution < 1.29 is 8.42 Å². The molecule has 4 aromatic heterocycles. The molecule has 7 rings (SSSR count). The van der Waals surface area contributed by atoms with E-state index in [2.05, 4.69) is 66.9 Å². The highest BCUT2D eigenvalue weighted by Crippen LogP contribution is 2.55. The zero-order valence-electron chi connectivity index (χ0n) is 24.5. The number of sulfonamides is 1. The Bertz CT molecular complexity index is 1850. The van der Waals surface area contributed by atoms with Crippen molar-refractivity contribution in [2.24, 2.45) is 5.92 Å². The maximum atomic E-state index is 12.1. The van der Waals surface area contributed by atoms with Gasteiger partial charge >= 0.3 is 0 Å². The molecule has 4 aromatic rings. The van der Waals surface area contributed by atoms with Crippen LogP contribution in [-0.4, -0.2) is 74.7 Å². The minimum absolute atomic E-state index is 0.334. The van der Waals surface area contributed by atoms with Crippen LogP contribution in [0.15, 0.2) is 12.5 Å². The lowest BCUT2D eigenvalue weighted by Crippen LogP contribution is -2.72. The second-order valence-electron chi connectivity index (χ2n) is 12.9. The van der Waals surface area contributed by atoms with Crippen molar-refractivity contribution in [2.75, 3.05) is 25.9 Å². The summed E-state index contributed by atoms with van der Waals surface area (Å²) in [4.78, 5) is 13.5. The number of likely N-dealkylation sites (tertiary alicyclic amines) is 1.